The molecule has 156 valence electrons. The molecule has 0 saturated heterocycles. The Balaban J connectivity index is 1.83. The topological polar surface area (TPSA) is 55.8 Å². The van der Waals surface area contributed by atoms with Crippen LogP contribution in [0.25, 0.3) is 0 Å². The number of carboxylic acids is 1. The van der Waals surface area contributed by atoms with Crippen molar-refractivity contribution < 1.29 is 32.5 Å². The van der Waals surface area contributed by atoms with Gasteiger partial charge in [-0.3, -0.25) is 4.79 Å². The van der Waals surface area contributed by atoms with Crippen LogP contribution in [-0.2, 0) is 30.4 Å². The van der Waals surface area contributed by atoms with Gasteiger partial charge in [-0.25, -0.2) is 0 Å². The van der Waals surface area contributed by atoms with Gasteiger partial charge in [0, 0.05) is 23.4 Å². The third-order valence-corrected chi connectivity index (χ3v) is 4.81. The Labute approximate surface area is 171 Å². The molecule has 29 heavy (non-hydrogen) atoms. The Morgan fingerprint density at radius 2 is 1.97 bits per heavy atom. The molecule has 0 spiro atoms. The molecule has 0 atom stereocenters. The van der Waals surface area contributed by atoms with Crippen LogP contribution in [0.15, 0.2) is 30.3 Å². The van der Waals surface area contributed by atoms with Gasteiger partial charge in [0.15, 0.2) is 0 Å². The van der Waals surface area contributed by atoms with Gasteiger partial charge >= 0.3 is 12.1 Å². The minimum Gasteiger partial charge on any atom is -0.489 e. The normalized spacial score (nSPS) is 15.0. The van der Waals surface area contributed by atoms with Gasteiger partial charge in [0.2, 0.25) is 0 Å². The van der Waals surface area contributed by atoms with E-state index in [0.29, 0.717) is 22.8 Å². The van der Waals surface area contributed by atoms with Gasteiger partial charge in [-0.05, 0) is 55.7 Å². The molecule has 0 bridgehead atoms. The summed E-state index contributed by atoms with van der Waals surface area (Å²) in [6.07, 6.45) is -4.54. The largest absolute Gasteiger partial charge is 0.489 e. The van der Waals surface area contributed by atoms with Crippen molar-refractivity contribution in [3.8, 4) is 11.5 Å². The van der Waals surface area contributed by atoms with E-state index < -0.39 is 23.3 Å². The molecule has 0 saturated carbocycles. The fourth-order valence-electron chi connectivity index (χ4n) is 3.38. The van der Waals surface area contributed by atoms with Crippen molar-refractivity contribution in [2.75, 3.05) is 0 Å². The third-order valence-electron chi connectivity index (χ3n) is 4.59. The molecule has 2 aromatic carbocycles. The van der Waals surface area contributed by atoms with Crippen LogP contribution in [0, 0.1) is 0 Å². The van der Waals surface area contributed by atoms with Crippen LogP contribution < -0.4 is 9.47 Å². The average molecular weight is 429 g/mol. The zero-order valence-corrected chi connectivity index (χ0v) is 16.7. The summed E-state index contributed by atoms with van der Waals surface area (Å²) in [5.74, 6) is -0.480. The second-order valence-electron chi connectivity index (χ2n) is 7.59. The van der Waals surface area contributed by atoms with Crippen molar-refractivity contribution in [1.82, 2.24) is 0 Å². The zero-order valence-electron chi connectivity index (χ0n) is 15.9. The van der Waals surface area contributed by atoms with E-state index in [0.717, 1.165) is 11.6 Å². The first-order chi connectivity index (χ1) is 13.4. The molecule has 1 aliphatic heterocycles. The Morgan fingerprint density at radius 3 is 2.62 bits per heavy atom. The minimum absolute atomic E-state index is 0.00918. The van der Waals surface area contributed by atoms with Crippen molar-refractivity contribution >= 4 is 17.6 Å². The number of benzene rings is 2. The molecule has 2 aromatic rings. The van der Waals surface area contributed by atoms with Gasteiger partial charge < -0.3 is 14.6 Å². The lowest BCUT2D eigenvalue weighted by atomic mass is 10.0. The fraction of sp³-hybridized carbons (Fsp3) is 0.381. The molecule has 0 aromatic heterocycles. The predicted octanol–water partition coefficient (Wildman–Crippen LogP) is 5.67. The van der Waals surface area contributed by atoms with Crippen LogP contribution in [0.1, 0.15) is 42.5 Å². The monoisotopic (exact) mass is 428 g/mol. The summed E-state index contributed by atoms with van der Waals surface area (Å²) in [6.45, 7) is 3.87. The summed E-state index contributed by atoms with van der Waals surface area (Å²) in [6, 6.07) is 7.04. The lowest BCUT2D eigenvalue weighted by Crippen LogP contribution is -2.25. The maximum absolute atomic E-state index is 13.4. The summed E-state index contributed by atoms with van der Waals surface area (Å²) in [4.78, 5) is 10.7. The molecular formula is C21H20ClF3O4. The van der Waals surface area contributed by atoms with Gasteiger partial charge in [-0.1, -0.05) is 17.7 Å². The van der Waals surface area contributed by atoms with E-state index in [1.165, 1.54) is 12.1 Å². The van der Waals surface area contributed by atoms with Gasteiger partial charge in [0.05, 0.1) is 5.56 Å². The van der Waals surface area contributed by atoms with Crippen LogP contribution in [0.2, 0.25) is 5.02 Å². The molecule has 4 nitrogen and oxygen atoms in total. The van der Waals surface area contributed by atoms with E-state index in [4.69, 9.17) is 26.2 Å². The number of halogens is 4. The minimum atomic E-state index is -4.61. The van der Waals surface area contributed by atoms with Crippen molar-refractivity contribution in [1.29, 1.82) is 0 Å². The number of alkyl halides is 3. The van der Waals surface area contributed by atoms with Crippen LogP contribution in [0.3, 0.4) is 0 Å². The molecule has 8 heteroatoms. The number of aliphatic carboxylic acids is 1. The quantitative estimate of drug-likeness (QED) is 0.644. The Kier molecular flexibility index (Phi) is 5.72. The molecule has 0 amide bonds. The maximum Gasteiger partial charge on any atom is 0.416 e. The molecule has 3 rings (SSSR count). The lowest BCUT2D eigenvalue weighted by molar-refractivity contribution is -0.140. The number of hydrogen-bond acceptors (Lipinski definition) is 3. The van der Waals surface area contributed by atoms with Gasteiger partial charge in [-0.15, -0.1) is 0 Å². The van der Waals surface area contributed by atoms with Gasteiger partial charge in [0.1, 0.15) is 23.7 Å². The van der Waals surface area contributed by atoms with Crippen molar-refractivity contribution in [2.45, 2.75) is 51.5 Å². The Bertz CT molecular complexity index is 938. The number of fused-ring (bicyclic) bond motifs is 1. The SMILES string of the molecule is CC1(C)Cc2cc(Cl)cc(COc3ccc(CCC(=O)O)c(C(F)(F)F)c3)c2O1. The van der Waals surface area contributed by atoms with E-state index in [9.17, 15) is 18.0 Å². The molecule has 0 unspecified atom stereocenters. The standard InChI is InChI=1S/C21H20ClF3O4/c1-20(2)10-13-7-15(22)8-14(19(13)29-20)11-28-16-5-3-12(4-6-18(26)27)17(9-16)21(23,24)25/h3,5,7-9H,4,6,10-11H2,1-2H3,(H,26,27). The molecular weight excluding hydrogens is 409 g/mol. The van der Waals surface area contributed by atoms with Crippen molar-refractivity contribution in [3.63, 3.8) is 0 Å². The highest BCUT2D eigenvalue weighted by Gasteiger charge is 2.34. The molecule has 1 heterocycles. The smallest absolute Gasteiger partial charge is 0.416 e. The number of carboxylic acid groups (broad SMARTS) is 1. The molecule has 1 aliphatic rings. The molecule has 0 aliphatic carbocycles. The number of carbonyl (C=O) groups is 1. The first-order valence-electron chi connectivity index (χ1n) is 9.00. The third kappa shape index (κ3) is 5.15. The second-order valence-corrected chi connectivity index (χ2v) is 8.03. The predicted molar refractivity (Wildman–Crippen MR) is 102 cm³/mol. The Hall–Kier alpha value is -2.41. The summed E-state index contributed by atoms with van der Waals surface area (Å²) in [5.41, 5.74) is 0.213. The zero-order chi connectivity index (χ0) is 21.4. The van der Waals surface area contributed by atoms with Crippen LogP contribution in [-0.4, -0.2) is 16.7 Å². The molecule has 0 radical (unpaired) electrons. The first kappa shape index (κ1) is 21.3. The summed E-state index contributed by atoms with van der Waals surface area (Å²) < 4.78 is 51.7. The number of aryl methyl sites for hydroxylation is 1. The van der Waals surface area contributed by atoms with E-state index in [1.807, 2.05) is 19.9 Å². The average Bonchev–Trinajstić information content (AvgIpc) is 2.91. The fourth-order valence-corrected chi connectivity index (χ4v) is 3.65. The van der Waals surface area contributed by atoms with Gasteiger partial charge in [0.25, 0.3) is 0 Å². The molecule has 1 N–H and O–H groups in total. The van der Waals surface area contributed by atoms with Crippen LogP contribution in [0.4, 0.5) is 13.2 Å². The van der Waals surface area contributed by atoms with Crippen LogP contribution in [0.5, 0.6) is 11.5 Å². The summed E-state index contributed by atoms with van der Waals surface area (Å²) in [5, 5.41) is 9.24. The number of ether oxygens (including phenoxy) is 2. The summed E-state index contributed by atoms with van der Waals surface area (Å²) in [7, 11) is 0. The summed E-state index contributed by atoms with van der Waals surface area (Å²) >= 11 is 6.16. The highest BCUT2D eigenvalue weighted by atomic mass is 35.5. The van der Waals surface area contributed by atoms with Crippen LogP contribution >= 0.6 is 11.6 Å². The van der Waals surface area contributed by atoms with E-state index in [-0.39, 0.29) is 30.8 Å². The van der Waals surface area contributed by atoms with Crippen molar-refractivity contribution in [3.05, 3.63) is 57.6 Å². The van der Waals surface area contributed by atoms with Gasteiger partial charge in [-0.2, -0.15) is 13.2 Å². The number of rotatable bonds is 6. The highest BCUT2D eigenvalue weighted by Crippen LogP contribution is 2.40. The maximum atomic E-state index is 13.4. The Morgan fingerprint density at radius 1 is 1.24 bits per heavy atom. The highest BCUT2D eigenvalue weighted by molar-refractivity contribution is 6.30. The van der Waals surface area contributed by atoms with E-state index >= 15 is 0 Å². The second kappa shape index (κ2) is 7.78. The van der Waals surface area contributed by atoms with Crippen molar-refractivity contribution in [2.24, 2.45) is 0 Å². The molecule has 0 fully saturated rings. The lowest BCUT2D eigenvalue weighted by Gasteiger charge is -2.19. The first-order valence-corrected chi connectivity index (χ1v) is 9.37. The van der Waals surface area contributed by atoms with E-state index in [1.54, 1.807) is 6.07 Å². The van der Waals surface area contributed by atoms with E-state index in [2.05, 4.69) is 0 Å². The number of hydrogen-bond donors (Lipinski definition) is 1.